The highest BCUT2D eigenvalue weighted by atomic mass is 35.5. The molecule has 32 heavy (non-hydrogen) atoms. The average Bonchev–Trinajstić information content (AvgIpc) is 3.24. The van der Waals surface area contributed by atoms with E-state index >= 15 is 0 Å². The monoisotopic (exact) mass is 443 g/mol. The number of halogens is 1. The summed E-state index contributed by atoms with van der Waals surface area (Å²) < 4.78 is 0. The largest absolute Gasteiger partial charge is 0.298 e. The van der Waals surface area contributed by atoms with Crippen molar-refractivity contribution in [2.24, 2.45) is 21.8 Å². The Labute approximate surface area is 195 Å². The first-order valence-corrected chi connectivity index (χ1v) is 12.0. The Morgan fingerprint density at radius 1 is 1.00 bits per heavy atom. The summed E-state index contributed by atoms with van der Waals surface area (Å²) in [5, 5.41) is 3.35. The van der Waals surface area contributed by atoms with Gasteiger partial charge in [0.15, 0.2) is 5.84 Å². The molecule has 0 radical (unpaired) electrons. The lowest BCUT2D eigenvalue weighted by Gasteiger charge is -2.37. The van der Waals surface area contributed by atoms with Crippen molar-refractivity contribution in [1.29, 1.82) is 0 Å². The summed E-state index contributed by atoms with van der Waals surface area (Å²) in [5.41, 5.74) is 5.74. The second kappa shape index (κ2) is 8.80. The van der Waals surface area contributed by atoms with Crippen LogP contribution in [0.4, 0.5) is 0 Å². The topological polar surface area (TPSA) is 28.0 Å². The molecule has 164 valence electrons. The summed E-state index contributed by atoms with van der Waals surface area (Å²) in [5.74, 6) is 2.22. The Bertz CT molecular complexity index is 1220. The van der Waals surface area contributed by atoms with Gasteiger partial charge in [-0.15, -0.1) is 0 Å². The van der Waals surface area contributed by atoms with Crippen LogP contribution in [-0.2, 0) is 13.0 Å². The van der Waals surface area contributed by atoms with E-state index < -0.39 is 0 Å². The van der Waals surface area contributed by atoms with Crippen LogP contribution in [0.1, 0.15) is 43.0 Å². The molecule has 0 saturated carbocycles. The number of nitrogens with zero attached hydrogens (tertiary/aromatic N) is 3. The summed E-state index contributed by atoms with van der Waals surface area (Å²) in [6.07, 6.45) is 0.988. The molecule has 4 heteroatoms. The molecule has 2 aliphatic rings. The first-order valence-electron chi connectivity index (χ1n) is 11.6. The standard InChI is InChI=1S/C28H30ClN3/c1-18(2)12-20-8-9-21(13-26(20)29)27-14-30-28(31-27)25-11-10-22(17-32-15-19(3)16-32)23-6-4-5-7-24(23)25/h4-11,13,18-19H,12,14-17H2,1-3H3. The third kappa shape index (κ3) is 4.24. The molecule has 0 aliphatic carbocycles. The maximum absolute atomic E-state index is 6.57. The molecule has 0 atom stereocenters. The maximum Gasteiger partial charge on any atom is 0.155 e. The number of rotatable bonds is 6. The molecule has 0 spiro atoms. The van der Waals surface area contributed by atoms with E-state index in [1.165, 1.54) is 35.0 Å². The third-order valence-electron chi connectivity index (χ3n) is 6.42. The SMILES string of the molecule is CC(C)Cc1ccc(C2=NC(c3ccc(CN4CC(C)C4)c4ccccc34)=NC2)cc1Cl. The third-order valence-corrected chi connectivity index (χ3v) is 6.77. The molecule has 1 saturated heterocycles. The van der Waals surface area contributed by atoms with Gasteiger partial charge >= 0.3 is 0 Å². The van der Waals surface area contributed by atoms with Crippen molar-refractivity contribution in [3.05, 3.63) is 81.9 Å². The van der Waals surface area contributed by atoms with Crippen molar-refractivity contribution in [2.75, 3.05) is 19.6 Å². The van der Waals surface area contributed by atoms with Crippen LogP contribution < -0.4 is 0 Å². The van der Waals surface area contributed by atoms with Crippen molar-refractivity contribution >= 4 is 33.9 Å². The van der Waals surface area contributed by atoms with Gasteiger partial charge < -0.3 is 0 Å². The van der Waals surface area contributed by atoms with E-state index in [-0.39, 0.29) is 0 Å². The van der Waals surface area contributed by atoms with Gasteiger partial charge in [0.25, 0.3) is 0 Å². The van der Waals surface area contributed by atoms with E-state index in [2.05, 4.69) is 74.2 Å². The van der Waals surface area contributed by atoms with Crippen LogP contribution in [0.15, 0.2) is 64.6 Å². The van der Waals surface area contributed by atoms with Crippen molar-refractivity contribution in [3.8, 4) is 0 Å². The van der Waals surface area contributed by atoms with Gasteiger partial charge in [0, 0.05) is 30.2 Å². The van der Waals surface area contributed by atoms with Crippen LogP contribution in [0.3, 0.4) is 0 Å². The van der Waals surface area contributed by atoms with Gasteiger partial charge in [-0.25, -0.2) is 4.99 Å². The molecule has 0 amide bonds. The van der Waals surface area contributed by atoms with Gasteiger partial charge in [-0.05, 0) is 51.8 Å². The fraction of sp³-hybridized carbons (Fsp3) is 0.357. The average molecular weight is 444 g/mol. The molecule has 0 unspecified atom stereocenters. The second-order valence-corrected chi connectivity index (χ2v) is 10.1. The molecule has 3 nitrogen and oxygen atoms in total. The number of benzene rings is 3. The van der Waals surface area contributed by atoms with Gasteiger partial charge in [-0.1, -0.05) is 80.9 Å². The lowest BCUT2D eigenvalue weighted by Crippen LogP contribution is -2.44. The van der Waals surface area contributed by atoms with Gasteiger partial charge in [0.2, 0.25) is 0 Å². The maximum atomic E-state index is 6.57. The minimum absolute atomic E-state index is 0.581. The Morgan fingerprint density at radius 3 is 2.47 bits per heavy atom. The molecule has 3 aromatic rings. The highest BCUT2D eigenvalue weighted by Gasteiger charge is 2.23. The van der Waals surface area contributed by atoms with Crippen LogP contribution in [0.2, 0.25) is 5.02 Å². The Hall–Kier alpha value is -2.49. The Morgan fingerprint density at radius 2 is 1.75 bits per heavy atom. The highest BCUT2D eigenvalue weighted by molar-refractivity contribution is 6.32. The first-order chi connectivity index (χ1) is 15.5. The van der Waals surface area contributed by atoms with E-state index in [0.717, 1.165) is 46.6 Å². The fourth-order valence-corrected chi connectivity index (χ4v) is 5.13. The first kappa shape index (κ1) is 21.4. The normalized spacial score (nSPS) is 17.0. The fourth-order valence-electron chi connectivity index (χ4n) is 4.87. The van der Waals surface area contributed by atoms with Crippen molar-refractivity contribution < 1.29 is 0 Å². The lowest BCUT2D eigenvalue weighted by molar-refractivity contribution is 0.105. The minimum Gasteiger partial charge on any atom is -0.298 e. The van der Waals surface area contributed by atoms with Crippen molar-refractivity contribution in [1.82, 2.24) is 4.90 Å². The summed E-state index contributed by atoms with van der Waals surface area (Å²) >= 11 is 6.57. The smallest absolute Gasteiger partial charge is 0.155 e. The zero-order valence-corrected chi connectivity index (χ0v) is 19.9. The lowest BCUT2D eigenvalue weighted by atomic mass is 9.96. The zero-order chi connectivity index (χ0) is 22.2. The molecule has 0 N–H and O–H groups in total. The van der Waals surface area contributed by atoms with Crippen molar-refractivity contribution in [2.45, 2.75) is 33.7 Å². The molecule has 2 aliphatic heterocycles. The summed E-state index contributed by atoms with van der Waals surface area (Å²) in [6, 6.07) is 19.4. The van der Waals surface area contributed by atoms with Crippen LogP contribution in [0, 0.1) is 11.8 Å². The zero-order valence-electron chi connectivity index (χ0n) is 19.1. The molecule has 0 aromatic heterocycles. The van der Waals surface area contributed by atoms with Gasteiger partial charge in [-0.2, -0.15) is 0 Å². The Balaban J connectivity index is 1.43. The quantitative estimate of drug-likeness (QED) is 0.433. The van der Waals surface area contributed by atoms with E-state index in [0.29, 0.717) is 12.5 Å². The highest BCUT2D eigenvalue weighted by Crippen LogP contribution is 2.29. The molecule has 0 bridgehead atoms. The van der Waals surface area contributed by atoms with E-state index in [1.54, 1.807) is 0 Å². The predicted octanol–water partition coefficient (Wildman–Crippen LogP) is 6.39. The molecule has 3 aromatic carbocycles. The van der Waals surface area contributed by atoms with Crippen LogP contribution in [0.25, 0.3) is 10.8 Å². The van der Waals surface area contributed by atoms with Gasteiger partial charge in [-0.3, -0.25) is 9.89 Å². The van der Waals surface area contributed by atoms with E-state index in [9.17, 15) is 0 Å². The van der Waals surface area contributed by atoms with Crippen LogP contribution in [-0.4, -0.2) is 36.1 Å². The molecule has 5 rings (SSSR count). The summed E-state index contributed by atoms with van der Waals surface area (Å²) in [4.78, 5) is 12.3. The van der Waals surface area contributed by atoms with E-state index in [4.69, 9.17) is 21.6 Å². The summed E-state index contributed by atoms with van der Waals surface area (Å²) in [7, 11) is 0. The van der Waals surface area contributed by atoms with E-state index in [1.807, 2.05) is 6.07 Å². The minimum atomic E-state index is 0.581. The number of fused-ring (bicyclic) bond motifs is 1. The predicted molar refractivity (Wildman–Crippen MR) is 136 cm³/mol. The number of amidine groups is 1. The van der Waals surface area contributed by atoms with Gasteiger partial charge in [0.1, 0.15) is 0 Å². The molecular formula is C28H30ClN3. The summed E-state index contributed by atoms with van der Waals surface area (Å²) in [6.45, 7) is 10.7. The van der Waals surface area contributed by atoms with Crippen LogP contribution >= 0.6 is 11.6 Å². The second-order valence-electron chi connectivity index (χ2n) is 9.72. The number of aliphatic imine (C=N–C) groups is 2. The Kier molecular flexibility index (Phi) is 5.88. The molecular weight excluding hydrogens is 414 g/mol. The van der Waals surface area contributed by atoms with Gasteiger partial charge in [0.05, 0.1) is 12.3 Å². The molecule has 1 fully saturated rings. The number of likely N-dealkylation sites (tertiary alicyclic amines) is 1. The molecule has 2 heterocycles. The van der Waals surface area contributed by atoms with Crippen molar-refractivity contribution in [3.63, 3.8) is 0 Å². The van der Waals surface area contributed by atoms with Crippen LogP contribution in [0.5, 0.6) is 0 Å². The number of hydrogen-bond donors (Lipinski definition) is 0. The number of hydrogen-bond acceptors (Lipinski definition) is 3.